The molecule has 174 valence electrons. The zero-order chi connectivity index (χ0) is 22.2. The minimum absolute atomic E-state index is 0.160. The third-order valence-corrected chi connectivity index (χ3v) is 6.56. The summed E-state index contributed by atoms with van der Waals surface area (Å²) in [6.45, 7) is 5.59. The third-order valence-electron chi connectivity index (χ3n) is 5.14. The topological polar surface area (TPSA) is 54.0 Å². The summed E-state index contributed by atoms with van der Waals surface area (Å²) in [5, 5.41) is 1.89. The number of phosphoric acid groups is 1. The smallest absolute Gasteiger partial charge is 0.403 e. The Kier molecular flexibility index (Phi) is 12.9. The summed E-state index contributed by atoms with van der Waals surface area (Å²) in [6.07, 6.45) is 10.9. The molecule has 0 saturated carbocycles. The van der Waals surface area contributed by atoms with Gasteiger partial charge in [-0.1, -0.05) is 94.7 Å². The van der Waals surface area contributed by atoms with Crippen molar-refractivity contribution in [1.29, 1.82) is 0 Å². The molecular formula is C25H39O5P. The Morgan fingerprint density at radius 1 is 0.710 bits per heavy atom. The van der Waals surface area contributed by atoms with Crippen LogP contribution in [0.4, 0.5) is 0 Å². The van der Waals surface area contributed by atoms with Crippen LogP contribution >= 0.6 is 7.82 Å². The molecule has 0 aliphatic carbocycles. The molecule has 0 N–H and O–H groups in total. The Morgan fingerprint density at radius 3 is 2.10 bits per heavy atom. The van der Waals surface area contributed by atoms with Crippen molar-refractivity contribution in [2.24, 2.45) is 0 Å². The van der Waals surface area contributed by atoms with E-state index in [-0.39, 0.29) is 6.61 Å². The predicted octanol–water partition coefficient (Wildman–Crippen LogP) is 7.93. The van der Waals surface area contributed by atoms with Crippen LogP contribution < -0.4 is 4.52 Å². The Hall–Kier alpha value is -1.39. The van der Waals surface area contributed by atoms with Crippen LogP contribution in [0.15, 0.2) is 42.5 Å². The van der Waals surface area contributed by atoms with E-state index in [0.717, 1.165) is 23.6 Å². The van der Waals surface area contributed by atoms with E-state index < -0.39 is 7.82 Å². The molecule has 0 amide bonds. The van der Waals surface area contributed by atoms with E-state index in [4.69, 9.17) is 18.3 Å². The highest BCUT2D eigenvalue weighted by atomic mass is 31.2. The van der Waals surface area contributed by atoms with Crippen molar-refractivity contribution in [1.82, 2.24) is 0 Å². The largest absolute Gasteiger partial charge is 0.530 e. The highest BCUT2D eigenvalue weighted by molar-refractivity contribution is 7.48. The molecule has 2 aromatic rings. The van der Waals surface area contributed by atoms with Gasteiger partial charge in [-0.3, -0.25) is 9.05 Å². The minimum Gasteiger partial charge on any atom is -0.403 e. The summed E-state index contributed by atoms with van der Waals surface area (Å²) >= 11 is 0. The van der Waals surface area contributed by atoms with E-state index >= 15 is 0 Å². The Labute approximate surface area is 188 Å². The lowest BCUT2D eigenvalue weighted by Crippen LogP contribution is -2.09. The lowest BCUT2D eigenvalue weighted by molar-refractivity contribution is 0.0847. The SMILES string of the molecule is CCCCCCCCCCCOP(=O)(OCCOCC)Oc1cccc2ccccc12. The third kappa shape index (κ3) is 10.2. The molecule has 2 rings (SSSR count). The first kappa shape index (κ1) is 25.9. The van der Waals surface area contributed by atoms with Crippen molar-refractivity contribution >= 4 is 18.6 Å². The van der Waals surface area contributed by atoms with Crippen LogP contribution in [0.25, 0.3) is 10.8 Å². The molecule has 0 radical (unpaired) electrons. The number of ether oxygens (including phenoxy) is 1. The number of unbranched alkanes of at least 4 members (excludes halogenated alkanes) is 8. The molecule has 0 fully saturated rings. The van der Waals surface area contributed by atoms with Crippen LogP contribution in [0.5, 0.6) is 5.75 Å². The van der Waals surface area contributed by atoms with Crippen molar-refractivity contribution in [3.05, 3.63) is 42.5 Å². The first-order chi connectivity index (χ1) is 15.2. The molecule has 0 heterocycles. The summed E-state index contributed by atoms with van der Waals surface area (Å²) in [7, 11) is -3.74. The number of phosphoric ester groups is 1. The maximum absolute atomic E-state index is 13.3. The van der Waals surface area contributed by atoms with Crippen molar-refractivity contribution in [2.45, 2.75) is 71.6 Å². The molecule has 5 nitrogen and oxygen atoms in total. The zero-order valence-electron chi connectivity index (χ0n) is 19.2. The van der Waals surface area contributed by atoms with E-state index in [0.29, 0.717) is 25.6 Å². The standard InChI is InChI=1S/C25H39O5P/c1-3-5-6-7-8-9-10-11-14-20-28-31(26,29-22-21-27-4-2)30-25-19-15-17-23-16-12-13-18-24(23)25/h12-13,15-19H,3-11,14,20-22H2,1-2H3. The van der Waals surface area contributed by atoms with Crippen LogP contribution in [0.2, 0.25) is 0 Å². The molecular weight excluding hydrogens is 411 g/mol. The molecule has 0 saturated heterocycles. The first-order valence-electron chi connectivity index (χ1n) is 11.8. The number of benzene rings is 2. The van der Waals surface area contributed by atoms with E-state index in [2.05, 4.69) is 6.92 Å². The Bertz CT molecular complexity index is 774. The van der Waals surface area contributed by atoms with Crippen LogP contribution in [-0.2, 0) is 18.3 Å². The van der Waals surface area contributed by atoms with Crippen LogP contribution in [0.1, 0.15) is 71.6 Å². The van der Waals surface area contributed by atoms with Crippen LogP contribution in [-0.4, -0.2) is 26.4 Å². The van der Waals surface area contributed by atoms with E-state index in [9.17, 15) is 4.57 Å². The van der Waals surface area contributed by atoms with Gasteiger partial charge >= 0.3 is 7.82 Å². The lowest BCUT2D eigenvalue weighted by Gasteiger charge is -2.19. The Morgan fingerprint density at radius 2 is 1.35 bits per heavy atom. The molecule has 6 heteroatoms. The summed E-state index contributed by atoms with van der Waals surface area (Å²) < 4.78 is 35.7. The second kappa shape index (κ2) is 15.4. The number of hydrogen-bond donors (Lipinski definition) is 0. The molecule has 1 unspecified atom stereocenters. The van der Waals surface area contributed by atoms with Gasteiger partial charge in [0.1, 0.15) is 5.75 Å². The second-order valence-corrected chi connectivity index (χ2v) is 9.30. The van der Waals surface area contributed by atoms with Gasteiger partial charge in [0.05, 0.1) is 19.8 Å². The Balaban J connectivity index is 1.84. The van der Waals surface area contributed by atoms with Crippen LogP contribution in [0.3, 0.4) is 0 Å². The number of rotatable bonds is 18. The zero-order valence-corrected chi connectivity index (χ0v) is 20.1. The molecule has 0 spiro atoms. The fourth-order valence-corrected chi connectivity index (χ4v) is 4.66. The maximum atomic E-state index is 13.3. The molecule has 1 atom stereocenters. The average molecular weight is 451 g/mol. The van der Waals surface area contributed by atoms with Crippen molar-refractivity contribution in [3.8, 4) is 5.75 Å². The van der Waals surface area contributed by atoms with Crippen molar-refractivity contribution in [2.75, 3.05) is 26.4 Å². The first-order valence-corrected chi connectivity index (χ1v) is 13.3. The summed E-state index contributed by atoms with van der Waals surface area (Å²) in [4.78, 5) is 0. The monoisotopic (exact) mass is 450 g/mol. The van der Waals surface area contributed by atoms with Gasteiger partial charge < -0.3 is 9.26 Å². The van der Waals surface area contributed by atoms with Gasteiger partial charge in [-0.2, -0.15) is 0 Å². The van der Waals surface area contributed by atoms with Gasteiger partial charge in [0.2, 0.25) is 0 Å². The highest BCUT2D eigenvalue weighted by Crippen LogP contribution is 2.50. The average Bonchev–Trinajstić information content (AvgIpc) is 2.78. The van der Waals surface area contributed by atoms with Gasteiger partial charge in [0.15, 0.2) is 0 Å². The summed E-state index contributed by atoms with van der Waals surface area (Å²) in [5.41, 5.74) is 0. The lowest BCUT2D eigenvalue weighted by atomic mass is 10.1. The van der Waals surface area contributed by atoms with E-state index in [1.807, 2.05) is 43.3 Å². The predicted molar refractivity (Wildman–Crippen MR) is 128 cm³/mol. The van der Waals surface area contributed by atoms with Gasteiger partial charge in [-0.05, 0) is 24.8 Å². The van der Waals surface area contributed by atoms with Gasteiger partial charge in [0.25, 0.3) is 0 Å². The quantitative estimate of drug-likeness (QED) is 0.170. The molecule has 0 aliphatic rings. The molecule has 31 heavy (non-hydrogen) atoms. The van der Waals surface area contributed by atoms with E-state index in [1.54, 1.807) is 6.07 Å². The van der Waals surface area contributed by atoms with Gasteiger partial charge in [-0.15, -0.1) is 0 Å². The van der Waals surface area contributed by atoms with Gasteiger partial charge in [0, 0.05) is 12.0 Å². The van der Waals surface area contributed by atoms with Crippen molar-refractivity contribution in [3.63, 3.8) is 0 Å². The number of hydrogen-bond acceptors (Lipinski definition) is 5. The minimum atomic E-state index is -3.74. The second-order valence-electron chi connectivity index (χ2n) is 7.71. The summed E-state index contributed by atoms with van der Waals surface area (Å²) in [6, 6.07) is 13.5. The maximum Gasteiger partial charge on any atom is 0.530 e. The molecule has 2 aromatic carbocycles. The van der Waals surface area contributed by atoms with Crippen molar-refractivity contribution < 1.29 is 22.9 Å². The molecule has 0 aromatic heterocycles. The fraction of sp³-hybridized carbons (Fsp3) is 0.600. The van der Waals surface area contributed by atoms with Crippen LogP contribution in [0, 0.1) is 0 Å². The summed E-state index contributed by atoms with van der Waals surface area (Å²) in [5.74, 6) is 0.505. The highest BCUT2D eigenvalue weighted by Gasteiger charge is 2.29. The number of fused-ring (bicyclic) bond motifs is 1. The fourth-order valence-electron chi connectivity index (χ4n) is 3.43. The molecule has 0 aliphatic heterocycles. The van der Waals surface area contributed by atoms with E-state index in [1.165, 1.54) is 44.9 Å². The van der Waals surface area contributed by atoms with Gasteiger partial charge in [-0.25, -0.2) is 4.57 Å². The normalized spacial score (nSPS) is 13.4. The molecule has 0 bridgehead atoms.